The number of fused-ring (bicyclic) bond motifs is 1. The SMILES string of the molecule is Cc1ccc(F)c(CO)c1-c1ccc2cc(C3(C(N)=O)CC3)ncc2c1. The summed E-state index contributed by atoms with van der Waals surface area (Å²) in [5.41, 5.74) is 8.34. The van der Waals surface area contributed by atoms with Crippen molar-refractivity contribution in [1.82, 2.24) is 4.98 Å². The topological polar surface area (TPSA) is 76.2 Å². The molecule has 26 heavy (non-hydrogen) atoms. The minimum Gasteiger partial charge on any atom is -0.392 e. The number of hydrogen-bond acceptors (Lipinski definition) is 3. The Kier molecular flexibility index (Phi) is 3.77. The normalized spacial score (nSPS) is 15.2. The van der Waals surface area contributed by atoms with Gasteiger partial charge in [-0.15, -0.1) is 0 Å². The highest BCUT2D eigenvalue weighted by Crippen LogP contribution is 2.47. The Labute approximate surface area is 150 Å². The van der Waals surface area contributed by atoms with Crippen LogP contribution in [0.15, 0.2) is 42.6 Å². The van der Waals surface area contributed by atoms with E-state index >= 15 is 0 Å². The van der Waals surface area contributed by atoms with E-state index in [0.29, 0.717) is 16.8 Å². The van der Waals surface area contributed by atoms with Crippen molar-refractivity contribution in [3.05, 3.63) is 65.2 Å². The van der Waals surface area contributed by atoms with Gasteiger partial charge in [0.25, 0.3) is 0 Å². The molecule has 3 aromatic rings. The predicted molar refractivity (Wildman–Crippen MR) is 97.9 cm³/mol. The van der Waals surface area contributed by atoms with Crippen molar-refractivity contribution in [1.29, 1.82) is 0 Å². The maximum absolute atomic E-state index is 14.1. The standard InChI is InChI=1S/C21H19FN2O2/c1-12-2-5-17(22)16(11-25)19(12)14-4-3-13-9-18(24-10-15(13)8-14)21(6-7-21)20(23)26/h2-5,8-10,25H,6-7,11H2,1H3,(H2,23,26). The Morgan fingerprint density at radius 1 is 1.23 bits per heavy atom. The van der Waals surface area contributed by atoms with Crippen LogP contribution in [0.1, 0.15) is 29.7 Å². The number of pyridine rings is 1. The molecule has 0 radical (unpaired) electrons. The Balaban J connectivity index is 1.83. The molecule has 0 saturated heterocycles. The lowest BCUT2D eigenvalue weighted by atomic mass is 9.93. The first-order chi connectivity index (χ1) is 12.5. The van der Waals surface area contributed by atoms with Crippen LogP contribution in [-0.2, 0) is 16.8 Å². The maximum atomic E-state index is 14.1. The van der Waals surface area contributed by atoms with Gasteiger partial charge in [-0.1, -0.05) is 18.2 Å². The Morgan fingerprint density at radius 3 is 2.65 bits per heavy atom. The van der Waals surface area contributed by atoms with Crippen molar-refractivity contribution in [2.24, 2.45) is 5.73 Å². The lowest BCUT2D eigenvalue weighted by Gasteiger charge is -2.14. The molecule has 1 aromatic heterocycles. The van der Waals surface area contributed by atoms with Crippen molar-refractivity contribution in [3.63, 3.8) is 0 Å². The van der Waals surface area contributed by atoms with Crippen LogP contribution in [0.25, 0.3) is 21.9 Å². The highest BCUT2D eigenvalue weighted by atomic mass is 19.1. The van der Waals surface area contributed by atoms with Gasteiger partial charge in [0.05, 0.1) is 17.7 Å². The largest absolute Gasteiger partial charge is 0.392 e. The molecule has 1 aliphatic rings. The molecule has 0 bridgehead atoms. The number of aryl methyl sites for hydroxylation is 1. The molecule has 2 aromatic carbocycles. The van der Waals surface area contributed by atoms with E-state index in [4.69, 9.17) is 5.73 Å². The van der Waals surface area contributed by atoms with E-state index < -0.39 is 11.2 Å². The second kappa shape index (κ2) is 5.88. The third-order valence-corrected chi connectivity index (χ3v) is 5.34. The molecule has 4 rings (SSSR count). The first-order valence-electron chi connectivity index (χ1n) is 8.56. The number of hydrogen-bond donors (Lipinski definition) is 2. The number of aliphatic hydroxyl groups is 1. The fourth-order valence-corrected chi connectivity index (χ4v) is 3.61. The predicted octanol–water partition coefficient (Wildman–Crippen LogP) is 3.36. The van der Waals surface area contributed by atoms with Gasteiger partial charge in [-0.2, -0.15) is 0 Å². The summed E-state index contributed by atoms with van der Waals surface area (Å²) in [5, 5.41) is 11.4. The molecule has 1 aliphatic carbocycles. The van der Waals surface area contributed by atoms with Gasteiger partial charge >= 0.3 is 0 Å². The van der Waals surface area contributed by atoms with Crippen molar-refractivity contribution < 1.29 is 14.3 Å². The summed E-state index contributed by atoms with van der Waals surface area (Å²) in [7, 11) is 0. The number of primary amides is 1. The average Bonchev–Trinajstić information content (AvgIpc) is 3.44. The molecule has 1 heterocycles. The molecule has 4 nitrogen and oxygen atoms in total. The number of benzene rings is 2. The van der Waals surface area contributed by atoms with Gasteiger partial charge in [-0.25, -0.2) is 4.39 Å². The van der Waals surface area contributed by atoms with E-state index in [2.05, 4.69) is 4.98 Å². The van der Waals surface area contributed by atoms with Crippen LogP contribution in [0.3, 0.4) is 0 Å². The van der Waals surface area contributed by atoms with Gasteiger partial charge in [0.1, 0.15) is 5.82 Å². The monoisotopic (exact) mass is 350 g/mol. The number of amides is 1. The lowest BCUT2D eigenvalue weighted by Crippen LogP contribution is -2.29. The Bertz CT molecular complexity index is 1040. The summed E-state index contributed by atoms with van der Waals surface area (Å²) in [6.07, 6.45) is 3.20. The minimum atomic E-state index is -0.615. The number of nitrogens with two attached hydrogens (primary N) is 1. The van der Waals surface area contributed by atoms with Crippen LogP contribution in [0.4, 0.5) is 4.39 Å². The van der Waals surface area contributed by atoms with Crippen LogP contribution in [0.5, 0.6) is 0 Å². The second-order valence-electron chi connectivity index (χ2n) is 6.95. The van der Waals surface area contributed by atoms with Crippen molar-refractivity contribution in [2.75, 3.05) is 0 Å². The van der Waals surface area contributed by atoms with E-state index in [-0.39, 0.29) is 12.5 Å². The molecule has 0 unspecified atom stereocenters. The second-order valence-corrected chi connectivity index (χ2v) is 6.95. The molecule has 1 saturated carbocycles. The van der Waals surface area contributed by atoms with Gasteiger partial charge < -0.3 is 10.8 Å². The van der Waals surface area contributed by atoms with E-state index in [1.807, 2.05) is 31.2 Å². The summed E-state index contributed by atoms with van der Waals surface area (Å²) < 4.78 is 14.1. The zero-order valence-electron chi connectivity index (χ0n) is 14.4. The maximum Gasteiger partial charge on any atom is 0.229 e. The lowest BCUT2D eigenvalue weighted by molar-refractivity contribution is -0.120. The molecule has 132 valence electrons. The molecule has 0 atom stereocenters. The Hall–Kier alpha value is -2.79. The minimum absolute atomic E-state index is 0.291. The van der Waals surface area contributed by atoms with Crippen molar-refractivity contribution in [2.45, 2.75) is 31.8 Å². The van der Waals surface area contributed by atoms with Gasteiger partial charge in [0.15, 0.2) is 0 Å². The number of nitrogens with zero attached hydrogens (tertiary/aromatic N) is 1. The third kappa shape index (κ3) is 2.47. The fourth-order valence-electron chi connectivity index (χ4n) is 3.61. The van der Waals surface area contributed by atoms with Crippen LogP contribution in [0.2, 0.25) is 0 Å². The van der Waals surface area contributed by atoms with E-state index in [1.54, 1.807) is 12.3 Å². The molecule has 0 aliphatic heterocycles. The smallest absolute Gasteiger partial charge is 0.229 e. The van der Waals surface area contributed by atoms with Crippen LogP contribution in [0, 0.1) is 12.7 Å². The van der Waals surface area contributed by atoms with E-state index in [9.17, 15) is 14.3 Å². The number of rotatable bonds is 4. The molecule has 1 fully saturated rings. The third-order valence-electron chi connectivity index (χ3n) is 5.34. The average molecular weight is 350 g/mol. The first-order valence-corrected chi connectivity index (χ1v) is 8.56. The molecule has 1 amide bonds. The summed E-state index contributed by atoms with van der Waals surface area (Å²) >= 11 is 0. The van der Waals surface area contributed by atoms with Gasteiger partial charge in [-0.3, -0.25) is 9.78 Å². The molecule has 5 heteroatoms. The molecule has 0 spiro atoms. The Morgan fingerprint density at radius 2 is 2.00 bits per heavy atom. The number of aliphatic hydroxyl groups excluding tert-OH is 1. The summed E-state index contributed by atoms with van der Waals surface area (Å²) in [6.45, 7) is 1.53. The number of carbonyl (C=O) groups excluding carboxylic acids is 1. The van der Waals surface area contributed by atoms with Crippen LogP contribution >= 0.6 is 0 Å². The number of halogens is 1. The van der Waals surface area contributed by atoms with Gasteiger partial charge in [0.2, 0.25) is 5.91 Å². The highest BCUT2D eigenvalue weighted by Gasteiger charge is 2.51. The van der Waals surface area contributed by atoms with Gasteiger partial charge in [-0.05, 0) is 60.0 Å². The highest BCUT2D eigenvalue weighted by molar-refractivity contribution is 5.92. The fraction of sp³-hybridized carbons (Fsp3) is 0.238. The van der Waals surface area contributed by atoms with Crippen LogP contribution < -0.4 is 5.73 Å². The van der Waals surface area contributed by atoms with Crippen molar-refractivity contribution >= 4 is 16.7 Å². The molecular formula is C21H19FN2O2. The first kappa shape index (κ1) is 16.7. The van der Waals surface area contributed by atoms with Gasteiger partial charge in [0, 0.05) is 17.1 Å². The van der Waals surface area contributed by atoms with Crippen LogP contribution in [-0.4, -0.2) is 16.0 Å². The summed E-state index contributed by atoms with van der Waals surface area (Å²) in [6, 6.07) is 10.7. The van der Waals surface area contributed by atoms with E-state index in [1.165, 1.54) is 6.07 Å². The zero-order chi connectivity index (χ0) is 18.5. The number of carbonyl (C=O) groups is 1. The number of aromatic nitrogens is 1. The van der Waals surface area contributed by atoms with E-state index in [0.717, 1.165) is 34.7 Å². The molecule has 3 N–H and O–H groups in total. The summed E-state index contributed by atoms with van der Waals surface area (Å²) in [5.74, 6) is -0.747. The molecular weight excluding hydrogens is 331 g/mol. The zero-order valence-corrected chi connectivity index (χ0v) is 14.4. The quantitative estimate of drug-likeness (QED) is 0.757. The summed E-state index contributed by atoms with van der Waals surface area (Å²) in [4.78, 5) is 16.2. The van der Waals surface area contributed by atoms with Crippen molar-refractivity contribution in [3.8, 4) is 11.1 Å².